The molecule has 7 heteroatoms. The number of hydrogen-bond donors (Lipinski definition) is 0. The van der Waals surface area contributed by atoms with E-state index in [1.54, 1.807) is 6.92 Å². The standard InChI is InChI=1S/C22H27FN4O2/c1-15(29-19-5-3-18(23)4-6-19)22(28)27-11-7-16(8-12-27)21-24-13-17-14-26(2)10-9-20(17)25-21/h3-6,13,15-16H,7-12,14H2,1-2H3/t15-/m0/s1. The van der Waals surface area contributed by atoms with Crippen LogP contribution >= 0.6 is 0 Å². The fourth-order valence-corrected chi connectivity index (χ4v) is 4.05. The molecule has 0 aliphatic carbocycles. The second-order valence-corrected chi connectivity index (χ2v) is 8.00. The number of amides is 1. The van der Waals surface area contributed by atoms with E-state index in [9.17, 15) is 9.18 Å². The number of halogens is 1. The third-order valence-corrected chi connectivity index (χ3v) is 5.79. The maximum atomic E-state index is 13.0. The van der Waals surface area contributed by atoms with Gasteiger partial charge in [-0.05, 0) is 51.1 Å². The third kappa shape index (κ3) is 4.56. The Kier molecular flexibility index (Phi) is 5.76. The van der Waals surface area contributed by atoms with Crippen LogP contribution in [-0.4, -0.2) is 58.5 Å². The van der Waals surface area contributed by atoms with Crippen molar-refractivity contribution in [2.45, 2.75) is 44.8 Å². The molecule has 1 aromatic carbocycles. The maximum absolute atomic E-state index is 13.0. The summed E-state index contributed by atoms with van der Waals surface area (Å²) in [6.45, 7) is 5.02. The number of ether oxygens (including phenoxy) is 1. The first-order valence-corrected chi connectivity index (χ1v) is 10.2. The molecule has 2 aromatic rings. The summed E-state index contributed by atoms with van der Waals surface area (Å²) in [5.41, 5.74) is 2.40. The van der Waals surface area contributed by atoms with Gasteiger partial charge in [-0.2, -0.15) is 0 Å². The van der Waals surface area contributed by atoms with Crippen LogP contribution in [0.15, 0.2) is 30.5 Å². The summed E-state index contributed by atoms with van der Waals surface area (Å²) in [7, 11) is 2.12. The highest BCUT2D eigenvalue weighted by molar-refractivity contribution is 5.81. The SMILES string of the molecule is C[C@H](Oc1ccc(F)cc1)C(=O)N1CCC(c2ncc3c(n2)CCN(C)C3)CC1. The Morgan fingerprint density at radius 1 is 1.21 bits per heavy atom. The molecule has 0 bridgehead atoms. The summed E-state index contributed by atoms with van der Waals surface area (Å²) in [6.07, 6.45) is 4.05. The highest BCUT2D eigenvalue weighted by Gasteiger charge is 2.29. The molecule has 0 saturated carbocycles. The van der Waals surface area contributed by atoms with E-state index in [2.05, 4.69) is 16.9 Å². The number of nitrogens with zero attached hydrogens (tertiary/aromatic N) is 4. The van der Waals surface area contributed by atoms with Gasteiger partial charge in [0.1, 0.15) is 17.4 Å². The van der Waals surface area contributed by atoms with Crippen LogP contribution in [0.3, 0.4) is 0 Å². The van der Waals surface area contributed by atoms with Crippen molar-refractivity contribution >= 4 is 5.91 Å². The highest BCUT2D eigenvalue weighted by Crippen LogP contribution is 2.27. The lowest BCUT2D eigenvalue weighted by atomic mass is 9.95. The summed E-state index contributed by atoms with van der Waals surface area (Å²) >= 11 is 0. The second kappa shape index (κ2) is 8.45. The third-order valence-electron chi connectivity index (χ3n) is 5.79. The molecule has 1 aromatic heterocycles. The number of rotatable bonds is 4. The zero-order valence-corrected chi connectivity index (χ0v) is 17.0. The number of likely N-dealkylation sites (N-methyl/N-ethyl adjacent to an activating group) is 1. The molecular weight excluding hydrogens is 371 g/mol. The molecule has 2 aliphatic rings. The molecule has 4 rings (SSSR count). The first-order valence-electron chi connectivity index (χ1n) is 10.2. The van der Waals surface area contributed by atoms with Gasteiger partial charge in [0.15, 0.2) is 6.10 Å². The number of piperidine rings is 1. The number of carbonyl (C=O) groups excluding carboxylic acids is 1. The molecule has 1 saturated heterocycles. The van der Waals surface area contributed by atoms with E-state index in [4.69, 9.17) is 9.72 Å². The first-order chi connectivity index (χ1) is 14.0. The maximum Gasteiger partial charge on any atom is 0.263 e. The van der Waals surface area contributed by atoms with Gasteiger partial charge in [-0.15, -0.1) is 0 Å². The lowest BCUT2D eigenvalue weighted by Gasteiger charge is -2.33. The predicted octanol–water partition coefficient (Wildman–Crippen LogP) is 2.78. The molecule has 0 N–H and O–H groups in total. The highest BCUT2D eigenvalue weighted by atomic mass is 19.1. The Morgan fingerprint density at radius 2 is 1.93 bits per heavy atom. The van der Waals surface area contributed by atoms with Crippen LogP contribution in [-0.2, 0) is 17.8 Å². The summed E-state index contributed by atoms with van der Waals surface area (Å²) < 4.78 is 18.7. The molecule has 0 unspecified atom stereocenters. The molecule has 2 aliphatic heterocycles. The second-order valence-electron chi connectivity index (χ2n) is 8.00. The van der Waals surface area contributed by atoms with Gasteiger partial charge in [-0.25, -0.2) is 14.4 Å². The van der Waals surface area contributed by atoms with Crippen molar-refractivity contribution in [2.24, 2.45) is 0 Å². The minimum absolute atomic E-state index is 0.0397. The summed E-state index contributed by atoms with van der Waals surface area (Å²) in [5.74, 6) is 1.33. The number of hydrogen-bond acceptors (Lipinski definition) is 5. The van der Waals surface area contributed by atoms with E-state index in [1.807, 2.05) is 11.1 Å². The van der Waals surface area contributed by atoms with Crippen molar-refractivity contribution in [3.63, 3.8) is 0 Å². The van der Waals surface area contributed by atoms with Crippen LogP contribution in [0.5, 0.6) is 5.75 Å². The fraction of sp³-hybridized carbons (Fsp3) is 0.500. The Balaban J connectivity index is 1.33. The Morgan fingerprint density at radius 3 is 2.66 bits per heavy atom. The molecule has 0 spiro atoms. The fourth-order valence-electron chi connectivity index (χ4n) is 4.05. The lowest BCUT2D eigenvalue weighted by Crippen LogP contribution is -2.44. The van der Waals surface area contributed by atoms with Crippen molar-refractivity contribution in [3.05, 3.63) is 53.4 Å². The van der Waals surface area contributed by atoms with Crippen molar-refractivity contribution in [2.75, 3.05) is 26.7 Å². The van der Waals surface area contributed by atoms with Crippen molar-refractivity contribution in [3.8, 4) is 5.75 Å². The van der Waals surface area contributed by atoms with E-state index in [1.165, 1.54) is 35.5 Å². The van der Waals surface area contributed by atoms with Gasteiger partial charge in [0.05, 0.1) is 0 Å². The number of carbonyl (C=O) groups is 1. The minimum atomic E-state index is -0.603. The Bertz CT molecular complexity index is 866. The Labute approximate surface area is 170 Å². The van der Waals surface area contributed by atoms with Gasteiger partial charge >= 0.3 is 0 Å². The molecule has 154 valence electrons. The largest absolute Gasteiger partial charge is 0.481 e. The molecular formula is C22H27FN4O2. The van der Waals surface area contributed by atoms with Crippen molar-refractivity contribution < 1.29 is 13.9 Å². The molecule has 29 heavy (non-hydrogen) atoms. The van der Waals surface area contributed by atoms with Gasteiger partial charge in [0, 0.05) is 56.0 Å². The van der Waals surface area contributed by atoms with Crippen LogP contribution in [0.4, 0.5) is 4.39 Å². The smallest absolute Gasteiger partial charge is 0.263 e. The topological polar surface area (TPSA) is 58.6 Å². The van der Waals surface area contributed by atoms with E-state index < -0.39 is 6.10 Å². The van der Waals surface area contributed by atoms with Crippen molar-refractivity contribution in [1.29, 1.82) is 0 Å². The molecule has 6 nitrogen and oxygen atoms in total. The first kappa shape index (κ1) is 19.8. The van der Waals surface area contributed by atoms with Gasteiger partial charge in [-0.3, -0.25) is 4.79 Å². The molecule has 0 radical (unpaired) electrons. The summed E-state index contributed by atoms with van der Waals surface area (Å²) in [4.78, 5) is 26.3. The van der Waals surface area contributed by atoms with Gasteiger partial charge < -0.3 is 14.5 Å². The zero-order valence-electron chi connectivity index (χ0n) is 17.0. The summed E-state index contributed by atoms with van der Waals surface area (Å²) in [6, 6.07) is 5.73. The number of benzene rings is 1. The van der Waals surface area contributed by atoms with E-state index >= 15 is 0 Å². The summed E-state index contributed by atoms with van der Waals surface area (Å²) in [5, 5.41) is 0. The molecule has 3 heterocycles. The van der Waals surface area contributed by atoms with Gasteiger partial charge in [0.2, 0.25) is 0 Å². The quantitative estimate of drug-likeness (QED) is 0.793. The number of aromatic nitrogens is 2. The Hall–Kier alpha value is -2.54. The lowest BCUT2D eigenvalue weighted by molar-refractivity contribution is -0.139. The minimum Gasteiger partial charge on any atom is -0.481 e. The number of likely N-dealkylation sites (tertiary alicyclic amines) is 1. The number of fused-ring (bicyclic) bond motifs is 1. The van der Waals surface area contributed by atoms with E-state index in [0.29, 0.717) is 18.8 Å². The average molecular weight is 398 g/mol. The van der Waals surface area contributed by atoms with Gasteiger partial charge in [-0.1, -0.05) is 0 Å². The van der Waals surface area contributed by atoms with Gasteiger partial charge in [0.25, 0.3) is 5.91 Å². The zero-order chi connectivity index (χ0) is 20.4. The predicted molar refractivity (Wildman–Crippen MR) is 107 cm³/mol. The van der Waals surface area contributed by atoms with Crippen LogP contribution in [0, 0.1) is 5.82 Å². The molecule has 1 fully saturated rings. The van der Waals surface area contributed by atoms with E-state index in [0.717, 1.165) is 38.2 Å². The van der Waals surface area contributed by atoms with E-state index in [-0.39, 0.29) is 17.6 Å². The van der Waals surface area contributed by atoms with Crippen LogP contribution in [0.25, 0.3) is 0 Å². The molecule has 1 atom stereocenters. The normalized spacial score (nSPS) is 18.9. The molecule has 1 amide bonds. The van der Waals surface area contributed by atoms with Crippen LogP contribution < -0.4 is 4.74 Å². The van der Waals surface area contributed by atoms with Crippen LogP contribution in [0.2, 0.25) is 0 Å². The monoisotopic (exact) mass is 398 g/mol. The average Bonchev–Trinajstić information content (AvgIpc) is 2.74. The van der Waals surface area contributed by atoms with Crippen molar-refractivity contribution in [1.82, 2.24) is 19.8 Å². The van der Waals surface area contributed by atoms with Crippen LogP contribution in [0.1, 0.15) is 42.8 Å².